The van der Waals surface area contributed by atoms with Crippen LogP contribution >= 0.6 is 0 Å². The third-order valence-corrected chi connectivity index (χ3v) is 11.7. The summed E-state index contributed by atoms with van der Waals surface area (Å²) < 4.78 is 18.0. The number of benzene rings is 2. The largest absolute Gasteiger partial charge is 0.496 e. The zero-order chi connectivity index (χ0) is 29.4. The van der Waals surface area contributed by atoms with Gasteiger partial charge in [-0.15, -0.1) is 0 Å². The molecular formula is C31H47NO6Si. The topological polar surface area (TPSA) is 94.1 Å². The first-order chi connectivity index (χ1) is 18.0. The minimum Gasteiger partial charge on any atom is -0.496 e. The number of methoxy groups -OCH3 is 1. The summed E-state index contributed by atoms with van der Waals surface area (Å²) in [6.07, 6.45) is -0.146. The highest BCUT2D eigenvalue weighted by atomic mass is 28.4. The number of carbonyl (C=O) groups is 2. The van der Waals surface area contributed by atoms with Crippen molar-refractivity contribution in [2.24, 2.45) is 5.92 Å². The van der Waals surface area contributed by atoms with E-state index in [2.05, 4.69) is 39.2 Å². The van der Waals surface area contributed by atoms with Crippen LogP contribution in [-0.2, 0) is 26.8 Å². The standard InChI is InChI=1S/C31H47NO6Si/c1-30(2,3)37-29(35)32-25(19-22-15-11-10-12-16-22)27(38-39(8,9)31(4,5)6)21-24(28(33)34)20-23-17-13-14-18-26(23)36-7/h10-18,24-25,27H,19-21H2,1-9H3,(H,32,35)(H,33,34). The van der Waals surface area contributed by atoms with Gasteiger partial charge in [-0.25, -0.2) is 4.79 Å². The van der Waals surface area contributed by atoms with Crippen molar-refractivity contribution in [3.8, 4) is 5.75 Å². The van der Waals surface area contributed by atoms with Crippen LogP contribution in [0.4, 0.5) is 4.79 Å². The van der Waals surface area contributed by atoms with E-state index in [-0.39, 0.29) is 17.9 Å². The molecule has 0 spiro atoms. The third-order valence-electron chi connectivity index (χ3n) is 7.23. The van der Waals surface area contributed by atoms with Gasteiger partial charge in [0.05, 0.1) is 25.2 Å². The number of aliphatic carboxylic acids is 1. The molecule has 2 rings (SSSR count). The highest BCUT2D eigenvalue weighted by Crippen LogP contribution is 2.39. The predicted octanol–water partition coefficient (Wildman–Crippen LogP) is 6.86. The van der Waals surface area contributed by atoms with Crippen molar-refractivity contribution < 1.29 is 28.6 Å². The van der Waals surface area contributed by atoms with Gasteiger partial charge < -0.3 is 24.3 Å². The second-order valence-corrected chi connectivity index (χ2v) is 17.4. The molecular weight excluding hydrogens is 510 g/mol. The van der Waals surface area contributed by atoms with Gasteiger partial charge in [-0.3, -0.25) is 4.79 Å². The van der Waals surface area contributed by atoms with Crippen molar-refractivity contribution in [1.82, 2.24) is 5.32 Å². The number of carboxylic acid groups (broad SMARTS) is 1. The molecule has 3 atom stereocenters. The Balaban J connectivity index is 2.51. The Morgan fingerprint density at radius 3 is 2.05 bits per heavy atom. The van der Waals surface area contributed by atoms with E-state index in [4.69, 9.17) is 13.9 Å². The molecule has 1 amide bonds. The molecule has 0 aliphatic carbocycles. The number of ether oxygens (including phenoxy) is 2. The number of rotatable bonds is 12. The maximum atomic E-state index is 13.0. The maximum Gasteiger partial charge on any atom is 0.407 e. The molecule has 0 radical (unpaired) electrons. The number of amides is 1. The van der Waals surface area contributed by atoms with E-state index >= 15 is 0 Å². The highest BCUT2D eigenvalue weighted by molar-refractivity contribution is 6.74. The smallest absolute Gasteiger partial charge is 0.407 e. The first-order valence-corrected chi connectivity index (χ1v) is 16.5. The van der Waals surface area contributed by atoms with Crippen LogP contribution < -0.4 is 10.1 Å². The van der Waals surface area contributed by atoms with E-state index < -0.39 is 44.0 Å². The molecule has 7 nitrogen and oxygen atoms in total. The van der Waals surface area contributed by atoms with Crippen LogP contribution in [0, 0.1) is 5.92 Å². The van der Waals surface area contributed by atoms with Crippen molar-refractivity contribution in [2.45, 2.75) is 96.7 Å². The summed E-state index contributed by atoms with van der Waals surface area (Å²) in [6.45, 7) is 16.2. The molecule has 39 heavy (non-hydrogen) atoms. The van der Waals surface area contributed by atoms with Crippen molar-refractivity contribution in [3.05, 3.63) is 65.7 Å². The quantitative estimate of drug-likeness (QED) is 0.277. The van der Waals surface area contributed by atoms with E-state index in [1.54, 1.807) is 7.11 Å². The first-order valence-electron chi connectivity index (χ1n) is 13.6. The second-order valence-electron chi connectivity index (χ2n) is 12.6. The average molecular weight is 558 g/mol. The molecule has 0 heterocycles. The molecule has 3 unspecified atom stereocenters. The molecule has 0 saturated carbocycles. The fourth-order valence-electron chi connectivity index (χ4n) is 4.14. The van der Waals surface area contributed by atoms with Crippen LogP contribution in [0.1, 0.15) is 59.1 Å². The molecule has 0 bridgehead atoms. The van der Waals surface area contributed by atoms with Gasteiger partial charge in [0.15, 0.2) is 8.32 Å². The summed E-state index contributed by atoms with van der Waals surface area (Å²) in [4.78, 5) is 25.6. The highest BCUT2D eigenvalue weighted by Gasteiger charge is 2.42. The number of nitrogens with one attached hydrogen (secondary N) is 1. The lowest BCUT2D eigenvalue weighted by molar-refractivity contribution is -0.142. The Labute approximate surface area is 235 Å². The SMILES string of the molecule is COc1ccccc1CC(CC(O[Si](C)(C)C(C)(C)C)C(Cc1ccccc1)NC(=O)OC(C)(C)C)C(=O)O. The molecule has 2 aromatic carbocycles. The van der Waals surface area contributed by atoms with E-state index in [1.165, 1.54) is 0 Å². The number of hydrogen-bond donors (Lipinski definition) is 2. The van der Waals surface area contributed by atoms with Crippen molar-refractivity contribution in [3.63, 3.8) is 0 Å². The summed E-state index contributed by atoms with van der Waals surface area (Å²) in [5.74, 6) is -1.02. The van der Waals surface area contributed by atoms with Crippen molar-refractivity contribution in [2.75, 3.05) is 7.11 Å². The molecule has 0 fully saturated rings. The molecule has 2 aromatic rings. The Morgan fingerprint density at radius 1 is 0.923 bits per heavy atom. The Hall–Kier alpha value is -2.84. The van der Waals surface area contributed by atoms with Crippen LogP contribution in [0.2, 0.25) is 18.1 Å². The van der Waals surface area contributed by atoms with Gasteiger partial charge in [0.2, 0.25) is 0 Å². The fourth-order valence-corrected chi connectivity index (χ4v) is 5.51. The zero-order valence-corrected chi connectivity index (χ0v) is 26.0. The van der Waals surface area contributed by atoms with Gasteiger partial charge in [-0.2, -0.15) is 0 Å². The monoisotopic (exact) mass is 557 g/mol. The third kappa shape index (κ3) is 10.3. The summed E-state index contributed by atoms with van der Waals surface area (Å²) in [5, 5.41) is 13.2. The number of carbonyl (C=O) groups excluding carboxylic acids is 1. The summed E-state index contributed by atoms with van der Waals surface area (Å²) in [6, 6.07) is 16.8. The van der Waals surface area contributed by atoms with E-state index in [1.807, 2.05) is 75.4 Å². The van der Waals surface area contributed by atoms with Crippen LogP contribution in [0.25, 0.3) is 0 Å². The molecule has 216 valence electrons. The summed E-state index contributed by atoms with van der Waals surface area (Å²) >= 11 is 0. The van der Waals surface area contributed by atoms with Crippen LogP contribution in [0.3, 0.4) is 0 Å². The Morgan fingerprint density at radius 2 is 1.51 bits per heavy atom. The van der Waals surface area contributed by atoms with Gasteiger partial charge in [-0.1, -0.05) is 69.3 Å². The van der Waals surface area contributed by atoms with E-state index in [0.29, 0.717) is 12.2 Å². The van der Waals surface area contributed by atoms with Gasteiger partial charge in [-0.05, 0) is 75.4 Å². The minimum atomic E-state index is -2.37. The summed E-state index contributed by atoms with van der Waals surface area (Å²) in [7, 11) is -0.785. The fraction of sp³-hybridized carbons (Fsp3) is 0.548. The molecule has 0 aromatic heterocycles. The molecule has 8 heteroatoms. The number of para-hydroxylation sites is 1. The van der Waals surface area contributed by atoms with Gasteiger partial charge in [0.1, 0.15) is 11.4 Å². The molecule has 0 aliphatic heterocycles. The first kappa shape index (κ1) is 32.4. The Kier molecular flexibility index (Phi) is 11.2. The van der Waals surface area contributed by atoms with E-state index in [0.717, 1.165) is 11.1 Å². The maximum absolute atomic E-state index is 13.0. The van der Waals surface area contributed by atoms with Crippen LogP contribution in [-0.4, -0.2) is 50.3 Å². The molecule has 0 aliphatic rings. The van der Waals surface area contributed by atoms with Gasteiger partial charge in [0.25, 0.3) is 0 Å². The van der Waals surface area contributed by atoms with Crippen molar-refractivity contribution in [1.29, 1.82) is 0 Å². The number of alkyl carbamates (subject to hydrolysis) is 1. The van der Waals surface area contributed by atoms with Gasteiger partial charge >= 0.3 is 12.1 Å². The normalized spacial score (nSPS) is 14.7. The lowest BCUT2D eigenvalue weighted by Gasteiger charge is -2.42. The average Bonchev–Trinajstić information content (AvgIpc) is 2.81. The lowest BCUT2D eigenvalue weighted by atomic mass is 9.89. The minimum absolute atomic E-state index is 0.115. The summed E-state index contributed by atoms with van der Waals surface area (Å²) in [5.41, 5.74) is 1.15. The molecule has 2 N–H and O–H groups in total. The van der Waals surface area contributed by atoms with Gasteiger partial charge in [0, 0.05) is 0 Å². The lowest BCUT2D eigenvalue weighted by Crippen LogP contribution is -2.54. The number of hydrogen-bond acceptors (Lipinski definition) is 5. The van der Waals surface area contributed by atoms with Crippen molar-refractivity contribution >= 4 is 20.4 Å². The Bertz CT molecular complexity index is 1070. The molecule has 0 saturated heterocycles. The predicted molar refractivity (Wildman–Crippen MR) is 158 cm³/mol. The zero-order valence-electron chi connectivity index (χ0n) is 25.0. The second kappa shape index (κ2) is 13.5. The number of carboxylic acids is 1. The van der Waals surface area contributed by atoms with Crippen LogP contribution in [0.15, 0.2) is 54.6 Å². The van der Waals surface area contributed by atoms with Crippen LogP contribution in [0.5, 0.6) is 5.75 Å². The van der Waals surface area contributed by atoms with E-state index in [9.17, 15) is 14.7 Å².